The smallest absolute Gasteiger partial charge is 0.409 e. The number of carbonyl (C=O) groups is 2. The van der Waals surface area contributed by atoms with Crippen LogP contribution in [0.15, 0.2) is 18.2 Å². The molecule has 3 rings (SSSR count). The summed E-state index contributed by atoms with van der Waals surface area (Å²) >= 11 is 0. The minimum absolute atomic E-state index is 0.115. The number of likely N-dealkylation sites (tertiary alicyclic amines) is 1. The topological polar surface area (TPSA) is 65.1 Å². The zero-order chi connectivity index (χ0) is 18.7. The van der Waals surface area contributed by atoms with Crippen LogP contribution in [0.4, 0.5) is 4.79 Å². The van der Waals surface area contributed by atoms with Gasteiger partial charge in [0, 0.05) is 24.4 Å². The molecule has 6 heteroatoms. The first-order valence-electron chi connectivity index (χ1n) is 9.14. The van der Waals surface area contributed by atoms with Crippen molar-refractivity contribution in [2.45, 2.75) is 44.6 Å². The minimum atomic E-state index is -0.659. The predicted molar refractivity (Wildman–Crippen MR) is 96.8 cm³/mol. The fourth-order valence-corrected chi connectivity index (χ4v) is 4.08. The molecule has 1 aliphatic carbocycles. The molecule has 1 aromatic carbocycles. The summed E-state index contributed by atoms with van der Waals surface area (Å²) in [6.07, 6.45) is 5.24. The van der Waals surface area contributed by atoms with Crippen LogP contribution in [0.5, 0.6) is 11.5 Å². The van der Waals surface area contributed by atoms with Crippen molar-refractivity contribution < 1.29 is 23.8 Å². The highest BCUT2D eigenvalue weighted by Gasteiger charge is 2.46. The zero-order valence-electron chi connectivity index (χ0n) is 15.7. The van der Waals surface area contributed by atoms with Gasteiger partial charge in [-0.25, -0.2) is 4.79 Å². The van der Waals surface area contributed by atoms with Crippen molar-refractivity contribution in [1.82, 2.24) is 4.90 Å². The summed E-state index contributed by atoms with van der Waals surface area (Å²) in [5.74, 6) is 1.29. The lowest BCUT2D eigenvalue weighted by molar-refractivity contribution is -0.115. The first-order valence-corrected chi connectivity index (χ1v) is 9.14. The first kappa shape index (κ1) is 18.5. The second-order valence-electron chi connectivity index (χ2n) is 7.46. The molecular formula is C20H27NO5. The number of methoxy groups -OCH3 is 2. The monoisotopic (exact) mass is 361 g/mol. The average Bonchev–Trinajstić information content (AvgIpc) is 3.29. The highest BCUT2D eigenvalue weighted by atomic mass is 16.5. The molecule has 1 saturated heterocycles. The van der Waals surface area contributed by atoms with Crippen LogP contribution in [0.3, 0.4) is 0 Å². The van der Waals surface area contributed by atoms with Crippen molar-refractivity contribution in [3.63, 3.8) is 0 Å². The highest BCUT2D eigenvalue weighted by molar-refractivity contribution is 5.72. The van der Waals surface area contributed by atoms with E-state index in [2.05, 4.69) is 0 Å². The van der Waals surface area contributed by atoms with E-state index in [1.165, 1.54) is 20.0 Å². The quantitative estimate of drug-likeness (QED) is 0.752. The lowest BCUT2D eigenvalue weighted by Gasteiger charge is -2.25. The number of amides is 1. The molecule has 1 aromatic rings. The van der Waals surface area contributed by atoms with Gasteiger partial charge in [-0.3, -0.25) is 0 Å². The Labute approximate surface area is 154 Å². The molecule has 1 saturated carbocycles. The van der Waals surface area contributed by atoms with Crippen molar-refractivity contribution in [2.24, 2.45) is 5.41 Å². The van der Waals surface area contributed by atoms with Gasteiger partial charge in [0.25, 0.3) is 0 Å². The second kappa shape index (κ2) is 7.56. The number of hydrogen-bond donors (Lipinski definition) is 0. The Balaban J connectivity index is 1.89. The summed E-state index contributed by atoms with van der Waals surface area (Å²) in [6.45, 7) is 2.67. The van der Waals surface area contributed by atoms with E-state index >= 15 is 0 Å². The molecule has 142 valence electrons. The largest absolute Gasteiger partial charge is 0.493 e. The molecule has 2 fully saturated rings. The second-order valence-corrected chi connectivity index (χ2v) is 7.46. The van der Waals surface area contributed by atoms with Crippen LogP contribution in [0.1, 0.15) is 44.1 Å². The predicted octanol–water partition coefficient (Wildman–Crippen LogP) is 3.39. The van der Waals surface area contributed by atoms with Gasteiger partial charge >= 0.3 is 6.09 Å². The van der Waals surface area contributed by atoms with Crippen molar-refractivity contribution >= 4 is 12.4 Å². The van der Waals surface area contributed by atoms with Crippen molar-refractivity contribution in [2.75, 3.05) is 27.3 Å². The van der Waals surface area contributed by atoms with Gasteiger partial charge in [-0.1, -0.05) is 13.0 Å². The Hall–Kier alpha value is -2.24. The standard InChI is InChI=1S/C20H27NO5/c1-20(13-22)12-21(19(23)25-3)11-16(20)14-8-9-17(24-2)18(10-14)26-15-6-4-5-7-15/h8-10,13,15-16H,4-7,11-12H2,1-3H3. The van der Waals surface area contributed by atoms with Crippen LogP contribution in [0.25, 0.3) is 0 Å². The Bertz CT molecular complexity index is 670. The maximum absolute atomic E-state index is 11.9. The lowest BCUT2D eigenvalue weighted by atomic mass is 9.77. The van der Waals surface area contributed by atoms with Crippen LogP contribution >= 0.6 is 0 Å². The fourth-order valence-electron chi connectivity index (χ4n) is 4.08. The number of hydrogen-bond acceptors (Lipinski definition) is 5. The molecular weight excluding hydrogens is 334 g/mol. The molecule has 1 aliphatic heterocycles. The molecule has 2 atom stereocenters. The Kier molecular flexibility index (Phi) is 5.39. The zero-order valence-corrected chi connectivity index (χ0v) is 15.7. The SMILES string of the molecule is COC(=O)N1CC(c2ccc(OC)c(OC3CCCC3)c2)C(C)(C=O)C1. The number of nitrogens with zero attached hydrogens (tertiary/aromatic N) is 1. The van der Waals surface area contributed by atoms with E-state index in [1.54, 1.807) is 12.0 Å². The average molecular weight is 361 g/mol. The normalized spacial score (nSPS) is 26.0. The first-order chi connectivity index (χ1) is 12.5. The van der Waals surface area contributed by atoms with Crippen molar-refractivity contribution in [3.05, 3.63) is 23.8 Å². The van der Waals surface area contributed by atoms with Crippen LogP contribution in [0, 0.1) is 5.41 Å². The van der Waals surface area contributed by atoms with Gasteiger partial charge < -0.3 is 23.9 Å². The number of rotatable bonds is 5. The maximum atomic E-state index is 11.9. The van der Waals surface area contributed by atoms with Crippen LogP contribution in [-0.2, 0) is 9.53 Å². The van der Waals surface area contributed by atoms with Crippen LogP contribution < -0.4 is 9.47 Å². The molecule has 0 bridgehead atoms. The molecule has 0 spiro atoms. The van der Waals surface area contributed by atoms with Gasteiger partial charge in [-0.05, 0) is 43.4 Å². The molecule has 0 N–H and O–H groups in total. The van der Waals surface area contributed by atoms with Crippen molar-refractivity contribution in [3.8, 4) is 11.5 Å². The van der Waals surface area contributed by atoms with Crippen LogP contribution in [0.2, 0.25) is 0 Å². The summed E-state index contributed by atoms with van der Waals surface area (Å²) in [5, 5.41) is 0. The summed E-state index contributed by atoms with van der Waals surface area (Å²) < 4.78 is 16.5. The van der Waals surface area contributed by atoms with E-state index in [9.17, 15) is 9.59 Å². The van der Waals surface area contributed by atoms with Gasteiger partial charge in [-0.15, -0.1) is 0 Å². The third-order valence-electron chi connectivity index (χ3n) is 5.62. The number of benzene rings is 1. The Morgan fingerprint density at radius 3 is 2.58 bits per heavy atom. The fraction of sp³-hybridized carbons (Fsp3) is 0.600. The molecule has 2 unspecified atom stereocenters. The van der Waals surface area contributed by atoms with E-state index in [0.717, 1.165) is 24.7 Å². The molecule has 2 aliphatic rings. The van der Waals surface area contributed by atoms with Gasteiger partial charge in [-0.2, -0.15) is 0 Å². The molecule has 0 radical (unpaired) electrons. The van der Waals surface area contributed by atoms with E-state index in [4.69, 9.17) is 14.2 Å². The summed E-state index contributed by atoms with van der Waals surface area (Å²) in [7, 11) is 2.98. The van der Waals surface area contributed by atoms with Crippen LogP contribution in [-0.4, -0.2) is 50.7 Å². The summed E-state index contributed by atoms with van der Waals surface area (Å²) in [5.41, 5.74) is 0.313. The van der Waals surface area contributed by atoms with Gasteiger partial charge in [0.05, 0.1) is 20.3 Å². The van der Waals surface area contributed by atoms with Gasteiger partial charge in [0.2, 0.25) is 0 Å². The number of carbonyl (C=O) groups excluding carboxylic acids is 2. The number of ether oxygens (including phenoxy) is 3. The Morgan fingerprint density at radius 2 is 1.96 bits per heavy atom. The summed E-state index contributed by atoms with van der Waals surface area (Å²) in [4.78, 5) is 25.3. The third kappa shape index (κ3) is 3.50. The maximum Gasteiger partial charge on any atom is 0.409 e. The van der Waals surface area contributed by atoms with Gasteiger partial charge in [0.15, 0.2) is 11.5 Å². The van der Waals surface area contributed by atoms with E-state index in [-0.39, 0.29) is 12.0 Å². The number of aldehydes is 1. The van der Waals surface area contributed by atoms with E-state index < -0.39 is 11.5 Å². The lowest BCUT2D eigenvalue weighted by Crippen LogP contribution is -2.31. The molecule has 1 amide bonds. The summed E-state index contributed by atoms with van der Waals surface area (Å²) in [6, 6.07) is 5.80. The third-order valence-corrected chi connectivity index (χ3v) is 5.62. The minimum Gasteiger partial charge on any atom is -0.493 e. The molecule has 0 aromatic heterocycles. The van der Waals surface area contributed by atoms with E-state index in [0.29, 0.717) is 24.6 Å². The van der Waals surface area contributed by atoms with Crippen molar-refractivity contribution in [1.29, 1.82) is 0 Å². The molecule has 26 heavy (non-hydrogen) atoms. The molecule has 6 nitrogen and oxygen atoms in total. The van der Waals surface area contributed by atoms with E-state index in [1.807, 2.05) is 25.1 Å². The Morgan fingerprint density at radius 1 is 1.23 bits per heavy atom. The molecule has 1 heterocycles. The highest BCUT2D eigenvalue weighted by Crippen LogP contribution is 2.44. The van der Waals surface area contributed by atoms with Gasteiger partial charge in [0.1, 0.15) is 6.29 Å².